The zero-order chi connectivity index (χ0) is 21.3. The molecule has 0 radical (unpaired) electrons. The van der Waals surface area contributed by atoms with Crippen LogP contribution < -0.4 is 0 Å². The van der Waals surface area contributed by atoms with Crippen molar-refractivity contribution in [2.75, 3.05) is 7.11 Å². The van der Waals surface area contributed by atoms with Gasteiger partial charge in [-0.25, -0.2) is 4.68 Å². The number of carbonyl (C=O) groups is 1. The molecule has 1 unspecified atom stereocenters. The van der Waals surface area contributed by atoms with E-state index < -0.39 is 5.41 Å². The number of methoxy groups -OCH3 is 1. The summed E-state index contributed by atoms with van der Waals surface area (Å²) in [5.41, 5.74) is 4.99. The molecule has 0 saturated carbocycles. The Morgan fingerprint density at radius 3 is 2.59 bits per heavy atom. The largest absolute Gasteiger partial charge is 0.469 e. The number of fused-ring (bicyclic) bond motifs is 1. The molecule has 7 nitrogen and oxygen atoms in total. The minimum Gasteiger partial charge on any atom is -0.469 e. The molecule has 3 rings (SSSR count). The molecule has 29 heavy (non-hydrogen) atoms. The van der Waals surface area contributed by atoms with Crippen LogP contribution in [0, 0.1) is 19.3 Å². The van der Waals surface area contributed by atoms with E-state index in [-0.39, 0.29) is 18.5 Å². The van der Waals surface area contributed by atoms with E-state index in [1.54, 1.807) is 0 Å². The standard InChI is InChI=1S/C22H28N4O3/c1-7-26-18-11-9-15(14(3)20(18)24-25-26)19(22(4,5)21(28)29-6)16-10-8-13(2)17(12-27)23-16/h8-11,19,27H,7,12H2,1-6H3. The number of pyridine rings is 1. The average molecular weight is 396 g/mol. The Morgan fingerprint density at radius 2 is 1.97 bits per heavy atom. The number of aromatic nitrogens is 4. The molecule has 1 atom stereocenters. The molecule has 0 saturated heterocycles. The third-order valence-corrected chi connectivity index (χ3v) is 5.69. The number of rotatable bonds is 6. The summed E-state index contributed by atoms with van der Waals surface area (Å²) in [5, 5.41) is 18.3. The Kier molecular flexibility index (Phi) is 5.71. The monoisotopic (exact) mass is 396 g/mol. The van der Waals surface area contributed by atoms with E-state index in [4.69, 9.17) is 9.72 Å². The van der Waals surface area contributed by atoms with Crippen LogP contribution in [0.2, 0.25) is 0 Å². The molecule has 3 aromatic rings. The summed E-state index contributed by atoms with van der Waals surface area (Å²) >= 11 is 0. The summed E-state index contributed by atoms with van der Waals surface area (Å²) in [6.45, 7) is 10.2. The summed E-state index contributed by atoms with van der Waals surface area (Å²) in [4.78, 5) is 17.4. The molecule has 0 bridgehead atoms. The third-order valence-electron chi connectivity index (χ3n) is 5.69. The number of aryl methyl sites for hydroxylation is 3. The van der Waals surface area contributed by atoms with Crippen molar-refractivity contribution in [1.29, 1.82) is 0 Å². The second kappa shape index (κ2) is 7.91. The van der Waals surface area contributed by atoms with Crippen molar-refractivity contribution in [2.24, 2.45) is 5.41 Å². The van der Waals surface area contributed by atoms with E-state index >= 15 is 0 Å². The van der Waals surface area contributed by atoms with Gasteiger partial charge in [0, 0.05) is 18.2 Å². The molecule has 2 heterocycles. The maximum absolute atomic E-state index is 12.7. The number of nitrogens with zero attached hydrogens (tertiary/aromatic N) is 4. The Bertz CT molecular complexity index is 1060. The number of carbonyl (C=O) groups excluding carboxylic acids is 1. The van der Waals surface area contributed by atoms with Crippen molar-refractivity contribution in [3.8, 4) is 0 Å². The van der Waals surface area contributed by atoms with Crippen LogP contribution in [0.15, 0.2) is 24.3 Å². The zero-order valence-electron chi connectivity index (χ0n) is 17.9. The first-order valence-electron chi connectivity index (χ1n) is 9.74. The highest BCUT2D eigenvalue weighted by Crippen LogP contribution is 2.43. The minimum absolute atomic E-state index is 0.159. The van der Waals surface area contributed by atoms with E-state index in [9.17, 15) is 9.90 Å². The highest BCUT2D eigenvalue weighted by molar-refractivity contribution is 5.82. The minimum atomic E-state index is -0.886. The molecule has 0 aliphatic heterocycles. The van der Waals surface area contributed by atoms with Gasteiger partial charge in [-0.3, -0.25) is 9.78 Å². The number of aliphatic hydroxyl groups excluding tert-OH is 1. The topological polar surface area (TPSA) is 90.1 Å². The molecule has 0 aliphatic carbocycles. The number of benzene rings is 1. The average Bonchev–Trinajstić information content (AvgIpc) is 3.14. The third kappa shape index (κ3) is 3.51. The first-order chi connectivity index (χ1) is 13.8. The fourth-order valence-electron chi connectivity index (χ4n) is 3.94. The molecule has 7 heteroatoms. The lowest BCUT2D eigenvalue weighted by Crippen LogP contribution is -2.34. The molecular formula is C22H28N4O3. The quantitative estimate of drug-likeness (QED) is 0.643. The fraction of sp³-hybridized carbons (Fsp3) is 0.455. The van der Waals surface area contributed by atoms with Gasteiger partial charge in [0.05, 0.1) is 30.3 Å². The predicted molar refractivity (Wildman–Crippen MR) is 110 cm³/mol. The summed E-state index contributed by atoms with van der Waals surface area (Å²) in [7, 11) is 1.39. The van der Waals surface area contributed by atoms with E-state index in [0.29, 0.717) is 11.4 Å². The van der Waals surface area contributed by atoms with Crippen LogP contribution in [0.5, 0.6) is 0 Å². The summed E-state index contributed by atoms with van der Waals surface area (Å²) in [5.74, 6) is -0.704. The van der Waals surface area contributed by atoms with Crippen LogP contribution in [0.4, 0.5) is 0 Å². The smallest absolute Gasteiger partial charge is 0.312 e. The number of hydrogen-bond acceptors (Lipinski definition) is 6. The number of aliphatic hydroxyl groups is 1. The highest BCUT2D eigenvalue weighted by atomic mass is 16.5. The Balaban J connectivity index is 2.28. The van der Waals surface area contributed by atoms with Crippen LogP contribution in [0.3, 0.4) is 0 Å². The van der Waals surface area contributed by atoms with Crippen LogP contribution in [0.25, 0.3) is 11.0 Å². The Hall–Kier alpha value is -2.80. The van der Waals surface area contributed by atoms with Gasteiger partial charge in [-0.2, -0.15) is 0 Å². The number of ether oxygens (including phenoxy) is 1. The normalized spacial score (nSPS) is 12.9. The van der Waals surface area contributed by atoms with E-state index in [1.165, 1.54) is 7.11 Å². The lowest BCUT2D eigenvalue weighted by molar-refractivity contribution is -0.151. The molecule has 0 fully saturated rings. The van der Waals surface area contributed by atoms with E-state index in [1.807, 2.05) is 63.6 Å². The van der Waals surface area contributed by atoms with Gasteiger partial charge in [0.25, 0.3) is 0 Å². The highest BCUT2D eigenvalue weighted by Gasteiger charge is 2.42. The summed E-state index contributed by atoms with van der Waals surface area (Å²) in [6, 6.07) is 7.84. The molecule has 154 valence electrons. The second-order valence-corrected chi connectivity index (χ2v) is 7.86. The van der Waals surface area contributed by atoms with Gasteiger partial charge >= 0.3 is 5.97 Å². The van der Waals surface area contributed by atoms with Gasteiger partial charge in [0.1, 0.15) is 5.52 Å². The lowest BCUT2D eigenvalue weighted by atomic mass is 9.71. The van der Waals surface area contributed by atoms with Gasteiger partial charge in [-0.15, -0.1) is 5.10 Å². The maximum Gasteiger partial charge on any atom is 0.312 e. The first-order valence-corrected chi connectivity index (χ1v) is 9.74. The van der Waals surface area contributed by atoms with Crippen molar-refractivity contribution in [3.05, 3.63) is 52.3 Å². The van der Waals surface area contributed by atoms with Crippen LogP contribution in [0.1, 0.15) is 54.8 Å². The van der Waals surface area contributed by atoms with Gasteiger partial charge < -0.3 is 9.84 Å². The van der Waals surface area contributed by atoms with E-state index in [0.717, 1.165) is 34.3 Å². The van der Waals surface area contributed by atoms with Gasteiger partial charge in [-0.05, 0) is 63.4 Å². The van der Waals surface area contributed by atoms with Crippen molar-refractivity contribution in [1.82, 2.24) is 20.0 Å². The summed E-state index contributed by atoms with van der Waals surface area (Å²) in [6.07, 6.45) is 0. The van der Waals surface area contributed by atoms with Crippen LogP contribution in [-0.4, -0.2) is 38.2 Å². The SMILES string of the molecule is CCn1nnc2c(C)c(C(c3ccc(C)c(CO)n3)C(C)(C)C(=O)OC)ccc21. The van der Waals surface area contributed by atoms with Crippen LogP contribution >= 0.6 is 0 Å². The van der Waals surface area contributed by atoms with Gasteiger partial charge in [0.2, 0.25) is 0 Å². The van der Waals surface area contributed by atoms with Crippen molar-refractivity contribution >= 4 is 17.0 Å². The first kappa shape index (κ1) is 20.9. The van der Waals surface area contributed by atoms with Crippen molar-refractivity contribution in [3.63, 3.8) is 0 Å². The fourth-order valence-corrected chi connectivity index (χ4v) is 3.94. The number of esters is 1. The molecular weight excluding hydrogens is 368 g/mol. The lowest BCUT2D eigenvalue weighted by Gasteiger charge is -2.33. The van der Waals surface area contributed by atoms with E-state index in [2.05, 4.69) is 10.3 Å². The Labute approximate surface area is 170 Å². The van der Waals surface area contributed by atoms with Crippen molar-refractivity contribution < 1.29 is 14.6 Å². The summed E-state index contributed by atoms with van der Waals surface area (Å²) < 4.78 is 6.97. The molecule has 1 aromatic carbocycles. The van der Waals surface area contributed by atoms with Crippen molar-refractivity contribution in [2.45, 2.75) is 53.7 Å². The van der Waals surface area contributed by atoms with Gasteiger partial charge in [-0.1, -0.05) is 17.3 Å². The van der Waals surface area contributed by atoms with Gasteiger partial charge in [0.15, 0.2) is 0 Å². The zero-order valence-corrected chi connectivity index (χ0v) is 17.9. The molecule has 0 amide bonds. The predicted octanol–water partition coefficient (Wildman–Crippen LogP) is 3.29. The Morgan fingerprint density at radius 1 is 1.24 bits per heavy atom. The molecule has 0 spiro atoms. The number of hydrogen-bond donors (Lipinski definition) is 1. The van der Waals surface area contributed by atoms with Crippen LogP contribution in [-0.2, 0) is 22.7 Å². The molecule has 2 aromatic heterocycles. The molecule has 0 aliphatic rings. The second-order valence-electron chi connectivity index (χ2n) is 7.86. The molecule has 1 N–H and O–H groups in total. The maximum atomic E-state index is 12.7.